The SMILES string of the molecule is Cn1cnc2ccncc2c1=O. The largest absolute Gasteiger partial charge is 0.302 e. The summed E-state index contributed by atoms with van der Waals surface area (Å²) in [7, 11) is 1.67. The van der Waals surface area contributed by atoms with Gasteiger partial charge in [0.25, 0.3) is 5.56 Å². The first kappa shape index (κ1) is 6.97. The number of hydrogen-bond acceptors (Lipinski definition) is 3. The van der Waals surface area contributed by atoms with E-state index < -0.39 is 0 Å². The maximum absolute atomic E-state index is 11.4. The summed E-state index contributed by atoms with van der Waals surface area (Å²) >= 11 is 0. The number of pyridine rings is 1. The van der Waals surface area contributed by atoms with Gasteiger partial charge in [-0.25, -0.2) is 4.98 Å². The second kappa shape index (κ2) is 2.41. The van der Waals surface area contributed by atoms with Crippen molar-refractivity contribution in [2.45, 2.75) is 0 Å². The first-order valence-corrected chi connectivity index (χ1v) is 3.54. The quantitative estimate of drug-likeness (QED) is 0.559. The fraction of sp³-hybridized carbons (Fsp3) is 0.125. The molecule has 0 saturated heterocycles. The second-order valence-electron chi connectivity index (χ2n) is 2.55. The summed E-state index contributed by atoms with van der Waals surface area (Å²) in [6.45, 7) is 0. The number of nitrogens with zero attached hydrogens (tertiary/aromatic N) is 3. The van der Waals surface area contributed by atoms with Crippen molar-refractivity contribution in [3.8, 4) is 0 Å². The number of hydrogen-bond donors (Lipinski definition) is 0. The molecule has 4 nitrogen and oxygen atoms in total. The molecule has 60 valence electrons. The van der Waals surface area contributed by atoms with Crippen molar-refractivity contribution < 1.29 is 0 Å². The number of aromatic nitrogens is 3. The molecule has 12 heavy (non-hydrogen) atoms. The van der Waals surface area contributed by atoms with Crippen LogP contribution in [0.15, 0.2) is 29.6 Å². The Bertz CT molecular complexity index is 475. The minimum atomic E-state index is -0.0619. The van der Waals surface area contributed by atoms with E-state index in [-0.39, 0.29) is 5.56 Å². The van der Waals surface area contributed by atoms with Crippen LogP contribution in [0.4, 0.5) is 0 Å². The van der Waals surface area contributed by atoms with Crippen molar-refractivity contribution in [2.24, 2.45) is 7.05 Å². The highest BCUT2D eigenvalue weighted by atomic mass is 16.1. The van der Waals surface area contributed by atoms with Gasteiger partial charge in [-0.2, -0.15) is 0 Å². The molecule has 0 unspecified atom stereocenters. The zero-order valence-electron chi connectivity index (χ0n) is 6.56. The van der Waals surface area contributed by atoms with E-state index in [0.717, 1.165) is 0 Å². The Hall–Kier alpha value is -1.71. The summed E-state index contributed by atoms with van der Waals surface area (Å²) in [4.78, 5) is 19.3. The summed E-state index contributed by atoms with van der Waals surface area (Å²) in [6, 6.07) is 1.72. The fourth-order valence-electron chi connectivity index (χ4n) is 1.06. The zero-order chi connectivity index (χ0) is 8.55. The Balaban J connectivity index is 3.01. The molecule has 2 aromatic rings. The molecule has 0 fully saturated rings. The minimum absolute atomic E-state index is 0.0619. The summed E-state index contributed by atoms with van der Waals surface area (Å²) in [5, 5.41) is 0.558. The highest BCUT2D eigenvalue weighted by Crippen LogP contribution is 2.00. The van der Waals surface area contributed by atoms with Gasteiger partial charge in [0, 0.05) is 19.4 Å². The summed E-state index contributed by atoms with van der Waals surface area (Å²) in [5.41, 5.74) is 0.626. The number of rotatable bonds is 0. The van der Waals surface area contributed by atoms with Crippen LogP contribution in [-0.2, 0) is 7.05 Å². The molecule has 2 aromatic heterocycles. The Morgan fingerprint density at radius 3 is 3.17 bits per heavy atom. The molecule has 0 amide bonds. The van der Waals surface area contributed by atoms with Gasteiger partial charge in [0.05, 0.1) is 17.2 Å². The van der Waals surface area contributed by atoms with Crippen molar-refractivity contribution in [1.82, 2.24) is 14.5 Å². The van der Waals surface area contributed by atoms with Gasteiger partial charge in [-0.15, -0.1) is 0 Å². The molecule has 0 saturated carbocycles. The van der Waals surface area contributed by atoms with Gasteiger partial charge in [-0.1, -0.05) is 0 Å². The van der Waals surface area contributed by atoms with Crippen LogP contribution in [0.1, 0.15) is 0 Å². The Morgan fingerprint density at radius 1 is 1.50 bits per heavy atom. The lowest BCUT2D eigenvalue weighted by Gasteiger charge is -1.97. The topological polar surface area (TPSA) is 47.8 Å². The van der Waals surface area contributed by atoms with Gasteiger partial charge in [-0.05, 0) is 6.07 Å². The molecule has 0 atom stereocenters. The molecule has 2 heterocycles. The normalized spacial score (nSPS) is 10.4. The van der Waals surface area contributed by atoms with E-state index in [0.29, 0.717) is 10.9 Å². The lowest BCUT2D eigenvalue weighted by molar-refractivity contribution is 0.842. The van der Waals surface area contributed by atoms with Crippen LogP contribution in [0, 0.1) is 0 Å². The first-order valence-electron chi connectivity index (χ1n) is 3.54. The highest BCUT2D eigenvalue weighted by Gasteiger charge is 1.98. The fourth-order valence-corrected chi connectivity index (χ4v) is 1.06. The van der Waals surface area contributed by atoms with Crippen molar-refractivity contribution in [1.29, 1.82) is 0 Å². The lowest BCUT2D eigenvalue weighted by Crippen LogP contribution is -2.16. The van der Waals surface area contributed by atoms with E-state index in [1.807, 2.05) is 0 Å². The zero-order valence-corrected chi connectivity index (χ0v) is 6.56. The van der Waals surface area contributed by atoms with E-state index in [1.165, 1.54) is 17.1 Å². The summed E-state index contributed by atoms with van der Waals surface area (Å²) in [5.74, 6) is 0. The Kier molecular flexibility index (Phi) is 1.40. The van der Waals surface area contributed by atoms with E-state index in [1.54, 1.807) is 19.3 Å². The van der Waals surface area contributed by atoms with Crippen LogP contribution < -0.4 is 5.56 Å². The molecule has 0 aliphatic heterocycles. The van der Waals surface area contributed by atoms with Gasteiger partial charge in [0.1, 0.15) is 0 Å². The van der Waals surface area contributed by atoms with Crippen LogP contribution in [0.3, 0.4) is 0 Å². The molecular weight excluding hydrogens is 154 g/mol. The van der Waals surface area contributed by atoms with Gasteiger partial charge < -0.3 is 4.57 Å². The lowest BCUT2D eigenvalue weighted by atomic mass is 10.3. The average molecular weight is 161 g/mol. The van der Waals surface area contributed by atoms with Crippen LogP contribution in [0.5, 0.6) is 0 Å². The predicted octanol–water partition coefficient (Wildman–Crippen LogP) is 0.328. The van der Waals surface area contributed by atoms with Gasteiger partial charge >= 0.3 is 0 Å². The van der Waals surface area contributed by atoms with Crippen LogP contribution >= 0.6 is 0 Å². The van der Waals surface area contributed by atoms with Crippen LogP contribution in [0.25, 0.3) is 10.9 Å². The molecule has 2 rings (SSSR count). The van der Waals surface area contributed by atoms with E-state index in [4.69, 9.17) is 0 Å². The number of aryl methyl sites for hydroxylation is 1. The third-order valence-electron chi connectivity index (χ3n) is 1.72. The molecule has 0 bridgehead atoms. The minimum Gasteiger partial charge on any atom is -0.302 e. The molecule has 0 aromatic carbocycles. The molecule has 0 aliphatic rings. The standard InChI is InChI=1S/C8H7N3O/c1-11-5-10-7-2-3-9-4-6(7)8(11)12/h2-5H,1H3. The second-order valence-corrected chi connectivity index (χ2v) is 2.55. The molecule has 0 aliphatic carbocycles. The third kappa shape index (κ3) is 0.887. The van der Waals surface area contributed by atoms with Crippen LogP contribution in [-0.4, -0.2) is 14.5 Å². The Labute approximate surface area is 68.5 Å². The smallest absolute Gasteiger partial charge is 0.262 e. The molecule has 0 spiro atoms. The highest BCUT2D eigenvalue weighted by molar-refractivity contribution is 5.75. The maximum Gasteiger partial charge on any atom is 0.262 e. The van der Waals surface area contributed by atoms with Crippen molar-refractivity contribution in [3.63, 3.8) is 0 Å². The third-order valence-corrected chi connectivity index (χ3v) is 1.72. The van der Waals surface area contributed by atoms with E-state index in [2.05, 4.69) is 9.97 Å². The maximum atomic E-state index is 11.4. The van der Waals surface area contributed by atoms with Crippen molar-refractivity contribution in [2.75, 3.05) is 0 Å². The summed E-state index contributed by atoms with van der Waals surface area (Å²) < 4.78 is 1.43. The first-order chi connectivity index (χ1) is 5.79. The van der Waals surface area contributed by atoms with Crippen molar-refractivity contribution in [3.05, 3.63) is 35.1 Å². The monoisotopic (exact) mass is 161 g/mol. The molecule has 4 heteroatoms. The predicted molar refractivity (Wildman–Crippen MR) is 44.8 cm³/mol. The van der Waals surface area contributed by atoms with Gasteiger partial charge in [0.2, 0.25) is 0 Å². The number of fused-ring (bicyclic) bond motifs is 1. The molecular formula is C8H7N3O. The summed E-state index contributed by atoms with van der Waals surface area (Å²) in [6.07, 6.45) is 4.66. The van der Waals surface area contributed by atoms with E-state index in [9.17, 15) is 4.79 Å². The molecule has 0 N–H and O–H groups in total. The van der Waals surface area contributed by atoms with E-state index >= 15 is 0 Å². The van der Waals surface area contributed by atoms with Gasteiger partial charge in [0.15, 0.2) is 0 Å². The average Bonchev–Trinajstić information content (AvgIpc) is 2.12. The van der Waals surface area contributed by atoms with Crippen LogP contribution in [0.2, 0.25) is 0 Å². The molecule has 0 radical (unpaired) electrons. The Morgan fingerprint density at radius 2 is 2.33 bits per heavy atom. The van der Waals surface area contributed by atoms with Gasteiger partial charge in [-0.3, -0.25) is 9.78 Å². The van der Waals surface area contributed by atoms with Crippen molar-refractivity contribution >= 4 is 10.9 Å².